The smallest absolute Gasteiger partial charge is 0.229 e. The van der Waals surface area contributed by atoms with Gasteiger partial charge in [-0.2, -0.15) is 0 Å². The largest absolute Gasteiger partial charge is 0.338 e. The van der Waals surface area contributed by atoms with Crippen molar-refractivity contribution in [2.24, 2.45) is 23.2 Å². The van der Waals surface area contributed by atoms with Crippen molar-refractivity contribution in [2.75, 3.05) is 45.5 Å². The number of piperidine rings is 1. The van der Waals surface area contributed by atoms with E-state index in [4.69, 9.17) is 0 Å². The second-order valence-corrected chi connectivity index (χ2v) is 14.7. The molecule has 1 amide bonds. The van der Waals surface area contributed by atoms with E-state index in [1.807, 2.05) is 23.1 Å². The third-order valence-corrected chi connectivity index (χ3v) is 10.2. The minimum absolute atomic E-state index is 0.155. The predicted octanol–water partition coefficient (Wildman–Crippen LogP) is 5.17. The molecule has 4 fully saturated rings. The standard InChI is InChI=1S/C16H22N2O3S.C10H19N.C7H8/c1-22(20,21)14-4-2-13(3-5-14)12-18-11-8-16(15(18)19)6-9-17-10-7-16;1-8-5-11(6-9(8)2)7-10-3-4-10;1-7-5-3-2-4-6-7/h2-5,17H,6-12H2,1H3;8-10H,3-7H2,1-2H3;2-6H,1H3/t;8-,9?;/m.0./s1. The molecule has 2 aromatic carbocycles. The topological polar surface area (TPSA) is 69.7 Å². The number of aryl methyl sites for hydroxylation is 1. The maximum Gasteiger partial charge on any atom is 0.229 e. The Kier molecular flexibility index (Phi) is 10.5. The molecule has 1 spiro atoms. The van der Waals surface area contributed by atoms with E-state index in [1.165, 1.54) is 44.3 Å². The number of benzene rings is 2. The van der Waals surface area contributed by atoms with E-state index in [2.05, 4.69) is 43.1 Å². The van der Waals surface area contributed by atoms with Crippen LogP contribution in [0.3, 0.4) is 0 Å². The normalized spacial score (nSPS) is 24.3. The lowest BCUT2D eigenvalue weighted by molar-refractivity contribution is -0.137. The summed E-state index contributed by atoms with van der Waals surface area (Å²) in [5.41, 5.74) is 2.15. The van der Waals surface area contributed by atoms with Crippen LogP contribution in [0.5, 0.6) is 0 Å². The van der Waals surface area contributed by atoms with Crippen molar-refractivity contribution in [3.63, 3.8) is 0 Å². The summed E-state index contributed by atoms with van der Waals surface area (Å²) in [7, 11) is -3.17. The van der Waals surface area contributed by atoms with E-state index in [-0.39, 0.29) is 11.3 Å². The number of sulfone groups is 1. The van der Waals surface area contributed by atoms with E-state index >= 15 is 0 Å². The lowest BCUT2D eigenvalue weighted by Crippen LogP contribution is -2.42. The van der Waals surface area contributed by atoms with E-state index in [1.54, 1.807) is 24.3 Å². The first-order valence-corrected chi connectivity index (χ1v) is 17.0. The molecule has 220 valence electrons. The minimum atomic E-state index is -3.17. The van der Waals surface area contributed by atoms with Gasteiger partial charge in [-0.1, -0.05) is 61.9 Å². The van der Waals surface area contributed by atoms with Gasteiger partial charge in [0, 0.05) is 39.0 Å². The van der Waals surface area contributed by atoms with Crippen LogP contribution in [0.15, 0.2) is 59.5 Å². The summed E-state index contributed by atoms with van der Waals surface area (Å²) in [4.78, 5) is 17.6. The highest BCUT2D eigenvalue weighted by molar-refractivity contribution is 7.90. The van der Waals surface area contributed by atoms with Crippen LogP contribution >= 0.6 is 0 Å². The highest BCUT2D eigenvalue weighted by Gasteiger charge is 2.46. The number of rotatable bonds is 5. The number of amides is 1. The van der Waals surface area contributed by atoms with Gasteiger partial charge in [0.15, 0.2) is 9.84 Å². The average Bonchev–Trinajstić information content (AvgIpc) is 3.63. The van der Waals surface area contributed by atoms with Crippen LogP contribution in [0, 0.1) is 30.1 Å². The summed E-state index contributed by atoms with van der Waals surface area (Å²) in [5, 5.41) is 3.31. The Balaban J connectivity index is 0.000000168. The summed E-state index contributed by atoms with van der Waals surface area (Å²) >= 11 is 0. The molecule has 7 heteroatoms. The van der Waals surface area contributed by atoms with Crippen LogP contribution < -0.4 is 5.32 Å². The van der Waals surface area contributed by atoms with Crippen LogP contribution in [0.2, 0.25) is 0 Å². The maximum atomic E-state index is 12.7. The van der Waals surface area contributed by atoms with Crippen molar-refractivity contribution < 1.29 is 13.2 Å². The summed E-state index contributed by atoms with van der Waals surface area (Å²) in [6.45, 7) is 14.2. The number of likely N-dealkylation sites (tertiary alicyclic amines) is 2. The van der Waals surface area contributed by atoms with Gasteiger partial charge in [-0.3, -0.25) is 4.79 Å². The summed E-state index contributed by atoms with van der Waals surface area (Å²) in [5.74, 6) is 3.22. The maximum absolute atomic E-state index is 12.7. The molecule has 1 unspecified atom stereocenters. The average molecular weight is 568 g/mol. The Morgan fingerprint density at radius 3 is 2.00 bits per heavy atom. The Bertz CT molecular complexity index is 1180. The third kappa shape index (κ3) is 8.64. The fourth-order valence-electron chi connectivity index (χ4n) is 6.07. The highest BCUT2D eigenvalue weighted by Crippen LogP contribution is 2.40. The van der Waals surface area contributed by atoms with Gasteiger partial charge < -0.3 is 15.1 Å². The van der Waals surface area contributed by atoms with E-state index in [9.17, 15) is 13.2 Å². The minimum Gasteiger partial charge on any atom is -0.338 e. The molecule has 0 bridgehead atoms. The van der Waals surface area contributed by atoms with Crippen molar-refractivity contribution in [3.8, 4) is 0 Å². The zero-order chi connectivity index (χ0) is 28.8. The molecule has 3 saturated heterocycles. The van der Waals surface area contributed by atoms with Gasteiger partial charge in [-0.25, -0.2) is 8.42 Å². The fraction of sp³-hybridized carbons (Fsp3) is 0.606. The molecule has 3 aliphatic heterocycles. The molecule has 0 aromatic heterocycles. The van der Waals surface area contributed by atoms with Gasteiger partial charge in [0.1, 0.15) is 0 Å². The zero-order valence-corrected chi connectivity index (χ0v) is 25.8. The van der Waals surface area contributed by atoms with Crippen molar-refractivity contribution in [1.82, 2.24) is 15.1 Å². The molecule has 6 nitrogen and oxygen atoms in total. The summed E-state index contributed by atoms with van der Waals surface area (Å²) in [6, 6.07) is 17.1. The molecule has 6 rings (SSSR count). The lowest BCUT2D eigenvalue weighted by atomic mass is 9.78. The molecule has 4 aliphatic rings. The SMILES string of the molecule is CC1CN(CC2CC2)C[C@@H]1C.CS(=O)(=O)c1ccc(CN2CCC3(CCNCC3)C2=O)cc1.Cc1ccccc1. The van der Waals surface area contributed by atoms with E-state index in [0.29, 0.717) is 11.4 Å². The lowest BCUT2D eigenvalue weighted by Gasteiger charge is -2.32. The zero-order valence-electron chi connectivity index (χ0n) is 24.9. The van der Waals surface area contributed by atoms with Gasteiger partial charge in [-0.15, -0.1) is 0 Å². The predicted molar refractivity (Wildman–Crippen MR) is 163 cm³/mol. The Labute approximate surface area is 242 Å². The monoisotopic (exact) mass is 567 g/mol. The molecule has 1 N–H and O–H groups in total. The van der Waals surface area contributed by atoms with Crippen molar-refractivity contribution in [3.05, 3.63) is 65.7 Å². The third-order valence-electron chi connectivity index (χ3n) is 9.10. The first-order chi connectivity index (χ1) is 19.1. The van der Waals surface area contributed by atoms with E-state index < -0.39 is 9.84 Å². The first-order valence-electron chi connectivity index (χ1n) is 15.1. The van der Waals surface area contributed by atoms with E-state index in [0.717, 1.165) is 62.2 Å². The second-order valence-electron chi connectivity index (χ2n) is 12.7. The number of hydrogen-bond acceptors (Lipinski definition) is 5. The van der Waals surface area contributed by atoms with Crippen LogP contribution in [-0.2, 0) is 21.2 Å². The number of carbonyl (C=O) groups excluding carboxylic acids is 1. The summed E-state index contributed by atoms with van der Waals surface area (Å²) in [6.07, 6.45) is 6.99. The Morgan fingerprint density at radius 2 is 1.50 bits per heavy atom. The number of hydrogen-bond donors (Lipinski definition) is 1. The molecule has 1 saturated carbocycles. The Hall–Kier alpha value is -2.22. The van der Waals surface area contributed by atoms with Gasteiger partial charge in [0.05, 0.1) is 10.3 Å². The van der Waals surface area contributed by atoms with Gasteiger partial charge in [0.25, 0.3) is 0 Å². The van der Waals surface area contributed by atoms with Crippen LogP contribution in [0.1, 0.15) is 57.1 Å². The molecule has 40 heavy (non-hydrogen) atoms. The van der Waals surface area contributed by atoms with Crippen LogP contribution in [-0.4, -0.2) is 69.6 Å². The Morgan fingerprint density at radius 1 is 0.900 bits per heavy atom. The molecule has 0 radical (unpaired) electrons. The first kappa shape index (κ1) is 30.7. The van der Waals surface area contributed by atoms with Gasteiger partial charge >= 0.3 is 0 Å². The number of nitrogens with zero attached hydrogens (tertiary/aromatic N) is 2. The van der Waals surface area contributed by atoms with Gasteiger partial charge in [-0.05, 0) is 87.6 Å². The molecule has 2 atom stereocenters. The van der Waals surface area contributed by atoms with Crippen molar-refractivity contribution in [1.29, 1.82) is 0 Å². The van der Waals surface area contributed by atoms with Gasteiger partial charge in [0.2, 0.25) is 5.91 Å². The fourth-order valence-corrected chi connectivity index (χ4v) is 6.70. The quantitative estimate of drug-likeness (QED) is 0.540. The molecular weight excluding hydrogens is 518 g/mol. The number of nitrogens with one attached hydrogen (secondary N) is 1. The van der Waals surface area contributed by atoms with Crippen molar-refractivity contribution >= 4 is 15.7 Å². The van der Waals surface area contributed by atoms with Crippen molar-refractivity contribution in [2.45, 2.75) is 64.3 Å². The molecule has 3 heterocycles. The number of carbonyl (C=O) groups is 1. The van der Waals surface area contributed by atoms with Crippen LogP contribution in [0.4, 0.5) is 0 Å². The molecule has 1 aliphatic carbocycles. The van der Waals surface area contributed by atoms with Crippen LogP contribution in [0.25, 0.3) is 0 Å². The highest BCUT2D eigenvalue weighted by atomic mass is 32.2. The summed E-state index contributed by atoms with van der Waals surface area (Å²) < 4.78 is 22.9. The molecular formula is C33H49N3O3S. The second kappa shape index (κ2) is 13.6. The molecule has 2 aromatic rings.